The van der Waals surface area contributed by atoms with Gasteiger partial charge in [-0.3, -0.25) is 0 Å². The Balaban J connectivity index is 2.28. The molecule has 5 heteroatoms. The molecule has 2 aromatic carbocycles. The summed E-state index contributed by atoms with van der Waals surface area (Å²) >= 11 is 6.38. The van der Waals surface area contributed by atoms with Gasteiger partial charge in [0.2, 0.25) is 0 Å². The molecule has 0 radical (unpaired) electrons. The van der Waals surface area contributed by atoms with E-state index < -0.39 is 0 Å². The lowest BCUT2D eigenvalue weighted by Gasteiger charge is -2.09. The molecule has 0 heterocycles. The van der Waals surface area contributed by atoms with E-state index in [9.17, 15) is 4.39 Å². The van der Waals surface area contributed by atoms with Gasteiger partial charge in [-0.25, -0.2) is 4.39 Å². The molecule has 0 fully saturated rings. The minimum absolute atomic E-state index is 0.377. The quantitative estimate of drug-likeness (QED) is 0.786. The van der Waals surface area contributed by atoms with E-state index in [1.54, 1.807) is 30.3 Å². The summed E-state index contributed by atoms with van der Waals surface area (Å²) in [7, 11) is 0. The molecule has 2 nitrogen and oxygen atoms in total. The minimum atomic E-state index is -0.377. The summed E-state index contributed by atoms with van der Waals surface area (Å²) in [6.07, 6.45) is 0. The maximum atomic E-state index is 13.3. The molecule has 88 valence electrons. The zero-order chi connectivity index (χ0) is 12.4. The van der Waals surface area contributed by atoms with Crippen LogP contribution >= 0.6 is 31.9 Å². The Bertz CT molecular complexity index is 560. The van der Waals surface area contributed by atoms with E-state index in [0.29, 0.717) is 21.7 Å². The largest absolute Gasteiger partial charge is 0.455 e. The average Bonchev–Trinajstić information content (AvgIpc) is 2.27. The summed E-state index contributed by atoms with van der Waals surface area (Å²) in [5, 5.41) is 0. The number of anilines is 1. The molecule has 0 unspecified atom stereocenters. The molecule has 0 aliphatic rings. The van der Waals surface area contributed by atoms with Gasteiger partial charge in [0.1, 0.15) is 17.3 Å². The second kappa shape index (κ2) is 5.06. The highest BCUT2D eigenvalue weighted by molar-refractivity contribution is 9.10. The van der Waals surface area contributed by atoms with E-state index in [4.69, 9.17) is 10.5 Å². The predicted molar refractivity (Wildman–Crippen MR) is 72.7 cm³/mol. The van der Waals surface area contributed by atoms with Crippen LogP contribution in [-0.2, 0) is 0 Å². The molecule has 2 rings (SSSR count). The van der Waals surface area contributed by atoms with Crippen molar-refractivity contribution in [2.24, 2.45) is 0 Å². The van der Waals surface area contributed by atoms with E-state index in [0.717, 1.165) is 4.47 Å². The van der Waals surface area contributed by atoms with Gasteiger partial charge in [-0.15, -0.1) is 0 Å². The highest BCUT2D eigenvalue weighted by atomic mass is 79.9. The van der Waals surface area contributed by atoms with Crippen molar-refractivity contribution in [1.29, 1.82) is 0 Å². The van der Waals surface area contributed by atoms with Crippen LogP contribution in [0.15, 0.2) is 45.3 Å². The Morgan fingerprint density at radius 3 is 2.47 bits per heavy atom. The molecule has 0 aromatic heterocycles. The van der Waals surface area contributed by atoms with Crippen LogP contribution in [0.2, 0.25) is 0 Å². The standard InChI is InChI=1S/C12H8Br2FNO/c13-7-1-4-12(11(16)5-7)17-8-2-3-9(14)10(15)6-8/h1-6H,16H2. The van der Waals surface area contributed by atoms with Gasteiger partial charge in [0.25, 0.3) is 0 Å². The number of benzene rings is 2. The van der Waals surface area contributed by atoms with Crippen molar-refractivity contribution in [1.82, 2.24) is 0 Å². The molecule has 17 heavy (non-hydrogen) atoms. The van der Waals surface area contributed by atoms with Crippen molar-refractivity contribution in [2.75, 3.05) is 5.73 Å². The minimum Gasteiger partial charge on any atom is -0.455 e. The Morgan fingerprint density at radius 2 is 1.82 bits per heavy atom. The average molecular weight is 361 g/mol. The number of rotatable bonds is 2. The van der Waals surface area contributed by atoms with Crippen molar-refractivity contribution in [3.05, 3.63) is 51.2 Å². The number of nitrogen functional groups attached to an aromatic ring is 1. The van der Waals surface area contributed by atoms with Crippen molar-refractivity contribution in [3.8, 4) is 11.5 Å². The predicted octanol–water partition coefficient (Wildman–Crippen LogP) is 4.73. The normalized spacial score (nSPS) is 10.3. The third-order valence-electron chi connectivity index (χ3n) is 2.09. The summed E-state index contributed by atoms with van der Waals surface area (Å²) in [6.45, 7) is 0. The van der Waals surface area contributed by atoms with E-state index >= 15 is 0 Å². The molecule has 0 amide bonds. The van der Waals surface area contributed by atoms with Crippen LogP contribution in [0.4, 0.5) is 10.1 Å². The zero-order valence-corrected chi connectivity index (χ0v) is 11.8. The van der Waals surface area contributed by atoms with Gasteiger partial charge in [0.05, 0.1) is 10.2 Å². The lowest BCUT2D eigenvalue weighted by atomic mass is 10.3. The molecule has 0 bridgehead atoms. The molecule has 2 N–H and O–H groups in total. The maximum Gasteiger partial charge on any atom is 0.150 e. The SMILES string of the molecule is Nc1cc(Br)ccc1Oc1ccc(Br)c(F)c1. The van der Waals surface area contributed by atoms with Gasteiger partial charge < -0.3 is 10.5 Å². The fourth-order valence-corrected chi connectivity index (χ4v) is 1.90. The molecular formula is C12H8Br2FNO. The first-order valence-corrected chi connectivity index (χ1v) is 6.33. The first kappa shape index (κ1) is 12.4. The summed E-state index contributed by atoms with van der Waals surface area (Å²) in [5.41, 5.74) is 6.27. The van der Waals surface area contributed by atoms with Crippen LogP contribution in [0.3, 0.4) is 0 Å². The number of hydrogen-bond acceptors (Lipinski definition) is 2. The maximum absolute atomic E-state index is 13.3. The summed E-state index contributed by atoms with van der Waals surface area (Å²) < 4.78 is 20.0. The zero-order valence-electron chi connectivity index (χ0n) is 8.58. The van der Waals surface area contributed by atoms with Crippen molar-refractivity contribution in [2.45, 2.75) is 0 Å². The first-order chi connectivity index (χ1) is 8.06. The van der Waals surface area contributed by atoms with Crippen LogP contribution in [0.5, 0.6) is 11.5 Å². The molecule has 0 spiro atoms. The number of hydrogen-bond donors (Lipinski definition) is 1. The van der Waals surface area contributed by atoms with Crippen molar-refractivity contribution < 1.29 is 9.13 Å². The first-order valence-electron chi connectivity index (χ1n) is 4.74. The van der Waals surface area contributed by atoms with Crippen LogP contribution in [-0.4, -0.2) is 0 Å². The van der Waals surface area contributed by atoms with E-state index in [1.165, 1.54) is 6.07 Å². The molecule has 2 aromatic rings. The number of halogens is 3. The molecular weight excluding hydrogens is 353 g/mol. The monoisotopic (exact) mass is 359 g/mol. The molecule has 0 aliphatic heterocycles. The van der Waals surface area contributed by atoms with Gasteiger partial charge in [-0.2, -0.15) is 0 Å². The van der Waals surface area contributed by atoms with E-state index in [1.807, 2.05) is 0 Å². The fourth-order valence-electron chi connectivity index (χ4n) is 1.28. The molecule has 0 aliphatic carbocycles. The van der Waals surface area contributed by atoms with Gasteiger partial charge >= 0.3 is 0 Å². The second-order valence-corrected chi connectivity index (χ2v) is 5.13. The van der Waals surface area contributed by atoms with Gasteiger partial charge in [0.15, 0.2) is 0 Å². The molecule has 0 atom stereocenters. The Kier molecular flexibility index (Phi) is 3.69. The van der Waals surface area contributed by atoms with Crippen LogP contribution < -0.4 is 10.5 Å². The smallest absolute Gasteiger partial charge is 0.150 e. The molecule has 0 saturated heterocycles. The summed E-state index contributed by atoms with van der Waals surface area (Å²) in [6, 6.07) is 9.80. The summed E-state index contributed by atoms with van der Waals surface area (Å²) in [5.74, 6) is 0.521. The fraction of sp³-hybridized carbons (Fsp3) is 0. The second-order valence-electron chi connectivity index (χ2n) is 3.36. The number of ether oxygens (including phenoxy) is 1. The highest BCUT2D eigenvalue weighted by Gasteiger charge is 2.05. The third kappa shape index (κ3) is 2.98. The third-order valence-corrected chi connectivity index (χ3v) is 3.23. The lowest BCUT2D eigenvalue weighted by Crippen LogP contribution is -1.92. The van der Waals surface area contributed by atoms with Gasteiger partial charge in [0, 0.05) is 10.5 Å². The number of nitrogens with two attached hydrogens (primary N) is 1. The Labute approximate surface area is 115 Å². The van der Waals surface area contributed by atoms with Crippen LogP contribution in [0.1, 0.15) is 0 Å². The van der Waals surface area contributed by atoms with E-state index in [-0.39, 0.29) is 5.82 Å². The van der Waals surface area contributed by atoms with Gasteiger partial charge in [-0.1, -0.05) is 15.9 Å². The lowest BCUT2D eigenvalue weighted by molar-refractivity contribution is 0.478. The van der Waals surface area contributed by atoms with Crippen molar-refractivity contribution in [3.63, 3.8) is 0 Å². The van der Waals surface area contributed by atoms with Gasteiger partial charge in [-0.05, 0) is 46.3 Å². The topological polar surface area (TPSA) is 35.2 Å². The molecule has 0 saturated carbocycles. The summed E-state index contributed by atoms with van der Waals surface area (Å²) in [4.78, 5) is 0. The Hall–Kier alpha value is -1.07. The van der Waals surface area contributed by atoms with Crippen molar-refractivity contribution >= 4 is 37.5 Å². The van der Waals surface area contributed by atoms with Crippen LogP contribution in [0, 0.1) is 5.82 Å². The highest BCUT2D eigenvalue weighted by Crippen LogP contribution is 2.31. The Morgan fingerprint density at radius 1 is 1.06 bits per heavy atom. The van der Waals surface area contributed by atoms with Crippen LogP contribution in [0.25, 0.3) is 0 Å². The van der Waals surface area contributed by atoms with E-state index in [2.05, 4.69) is 31.9 Å².